The van der Waals surface area contributed by atoms with Gasteiger partial charge in [0.05, 0.1) is 32.0 Å². The Morgan fingerprint density at radius 3 is 1.76 bits per heavy atom. The molecule has 0 saturated carbocycles. The average Bonchev–Trinajstić information content (AvgIpc) is 2.79. The lowest BCUT2D eigenvalue weighted by Gasteiger charge is -2.45. The number of carboxylic acids is 2. The molecule has 2 fully saturated rings. The van der Waals surface area contributed by atoms with Crippen LogP contribution in [0.25, 0.3) is 0 Å². The van der Waals surface area contributed by atoms with Crippen molar-refractivity contribution >= 4 is 11.9 Å². The van der Waals surface area contributed by atoms with Crippen molar-refractivity contribution in [3.05, 3.63) is 12.7 Å². The number of aliphatic hydroxyl groups excluding tert-OH is 7. The van der Waals surface area contributed by atoms with Gasteiger partial charge in [0.15, 0.2) is 0 Å². The predicted octanol–water partition coefficient (Wildman–Crippen LogP) is -4.50. The molecule has 2 rings (SSSR count). The average molecular weight is 498 g/mol. The highest BCUT2D eigenvalue weighted by atomic mass is 16.7. The Morgan fingerprint density at radius 1 is 0.912 bits per heavy atom. The second-order valence-corrected chi connectivity index (χ2v) is 8.03. The number of hydrogen-bond donors (Lipinski definition) is 9. The quantitative estimate of drug-likeness (QED) is 0.122. The van der Waals surface area contributed by atoms with E-state index in [1.165, 1.54) is 6.08 Å². The third-order valence-corrected chi connectivity index (χ3v) is 5.59. The molecule has 0 amide bonds. The van der Waals surface area contributed by atoms with Gasteiger partial charge in [0, 0.05) is 12.8 Å². The Balaban J connectivity index is 2.23. The lowest BCUT2D eigenvalue weighted by molar-refractivity contribution is -0.342. The van der Waals surface area contributed by atoms with Crippen LogP contribution in [0.2, 0.25) is 0 Å². The zero-order chi connectivity index (χ0) is 25.8. The largest absolute Gasteiger partial charge is 0.477 e. The predicted molar refractivity (Wildman–Crippen MR) is 105 cm³/mol. The number of carbonyl (C=O) groups is 2. The highest BCUT2D eigenvalue weighted by Crippen LogP contribution is 2.35. The van der Waals surface area contributed by atoms with E-state index < -0.39 is 98.4 Å². The molecule has 15 heteroatoms. The maximum Gasteiger partial charge on any atom is 0.364 e. The van der Waals surface area contributed by atoms with Crippen molar-refractivity contribution in [2.24, 2.45) is 0 Å². The Bertz CT molecular complexity index is 732. The summed E-state index contributed by atoms with van der Waals surface area (Å²) in [6.45, 7) is 1.10. The van der Waals surface area contributed by atoms with Crippen LogP contribution in [-0.2, 0) is 28.5 Å². The van der Waals surface area contributed by atoms with Crippen LogP contribution in [0, 0.1) is 0 Å². The minimum Gasteiger partial charge on any atom is -0.477 e. The first-order chi connectivity index (χ1) is 15.8. The van der Waals surface area contributed by atoms with Crippen LogP contribution < -0.4 is 0 Å². The van der Waals surface area contributed by atoms with Crippen LogP contribution in [0.4, 0.5) is 0 Å². The van der Waals surface area contributed by atoms with Crippen molar-refractivity contribution in [3.8, 4) is 0 Å². The lowest BCUT2D eigenvalue weighted by Crippen LogP contribution is -2.65. The number of aliphatic carboxylic acids is 2. The Labute approximate surface area is 193 Å². The smallest absolute Gasteiger partial charge is 0.364 e. The Kier molecular flexibility index (Phi) is 9.48. The summed E-state index contributed by atoms with van der Waals surface area (Å²) in [5, 5.41) is 89.1. The van der Waals surface area contributed by atoms with E-state index in [9.17, 15) is 50.4 Å². The summed E-state index contributed by atoms with van der Waals surface area (Å²) in [5.74, 6) is -8.68. The van der Waals surface area contributed by atoms with E-state index in [0.29, 0.717) is 0 Å². The van der Waals surface area contributed by atoms with Gasteiger partial charge in [-0.3, -0.25) is 0 Å². The zero-order valence-electron chi connectivity index (χ0n) is 17.9. The highest BCUT2D eigenvalue weighted by Gasteiger charge is 2.57. The van der Waals surface area contributed by atoms with Crippen molar-refractivity contribution < 1.29 is 74.5 Å². The molecule has 2 aliphatic heterocycles. The second kappa shape index (κ2) is 11.3. The first-order valence-corrected chi connectivity index (χ1v) is 10.2. The standard InChI is InChI=1S/C19H30O15/c1-2-3-31-18(16(27)28)4-8(21)13(26)15(34-18)11(24)7-32-19(17(29)30)5-9(22)12(25)14(33-19)10(23)6-20/h2,8-15,20-26H,1,3-7H2,(H,27,28)(H,29,30)/t8-,9-,10-,11-,12-,13-,14-,15-,18-,19-/m1/s1. The molecular weight excluding hydrogens is 468 g/mol. The van der Waals surface area contributed by atoms with Gasteiger partial charge in [0.2, 0.25) is 0 Å². The normalized spacial score (nSPS) is 40.3. The van der Waals surface area contributed by atoms with Gasteiger partial charge in [0.25, 0.3) is 11.6 Å². The number of carboxylic acid groups (broad SMARTS) is 2. The number of ether oxygens (including phenoxy) is 4. The van der Waals surface area contributed by atoms with Crippen molar-refractivity contribution in [1.82, 2.24) is 0 Å². The van der Waals surface area contributed by atoms with E-state index in [2.05, 4.69) is 6.58 Å². The Morgan fingerprint density at radius 2 is 1.35 bits per heavy atom. The van der Waals surface area contributed by atoms with Crippen molar-refractivity contribution in [1.29, 1.82) is 0 Å². The molecule has 34 heavy (non-hydrogen) atoms. The third kappa shape index (κ3) is 5.72. The van der Waals surface area contributed by atoms with Gasteiger partial charge < -0.3 is 64.9 Å². The van der Waals surface area contributed by atoms with E-state index in [4.69, 9.17) is 24.1 Å². The summed E-state index contributed by atoms with van der Waals surface area (Å²) in [7, 11) is 0. The van der Waals surface area contributed by atoms with Crippen LogP contribution in [-0.4, -0.2) is 138 Å². The summed E-state index contributed by atoms with van der Waals surface area (Å²) in [4.78, 5) is 23.7. The maximum absolute atomic E-state index is 11.9. The van der Waals surface area contributed by atoms with E-state index in [-0.39, 0.29) is 6.61 Å². The van der Waals surface area contributed by atoms with E-state index in [1.807, 2.05) is 0 Å². The number of rotatable bonds is 11. The van der Waals surface area contributed by atoms with Crippen LogP contribution in [0.5, 0.6) is 0 Å². The number of aliphatic hydroxyl groups is 7. The van der Waals surface area contributed by atoms with Gasteiger partial charge in [-0.1, -0.05) is 6.08 Å². The van der Waals surface area contributed by atoms with E-state index in [1.54, 1.807) is 0 Å². The summed E-state index contributed by atoms with van der Waals surface area (Å²) in [5.41, 5.74) is 0. The van der Waals surface area contributed by atoms with Crippen molar-refractivity contribution in [2.45, 2.75) is 73.2 Å². The van der Waals surface area contributed by atoms with Crippen molar-refractivity contribution in [2.75, 3.05) is 19.8 Å². The summed E-state index contributed by atoms with van der Waals surface area (Å²) >= 11 is 0. The second-order valence-electron chi connectivity index (χ2n) is 8.03. The van der Waals surface area contributed by atoms with Gasteiger partial charge in [-0.15, -0.1) is 6.58 Å². The zero-order valence-corrected chi connectivity index (χ0v) is 17.9. The summed E-state index contributed by atoms with van der Waals surface area (Å²) in [6, 6.07) is 0. The molecule has 0 radical (unpaired) electrons. The third-order valence-electron chi connectivity index (χ3n) is 5.59. The first kappa shape index (κ1) is 28.5. The highest BCUT2D eigenvalue weighted by molar-refractivity contribution is 5.76. The molecule has 0 spiro atoms. The summed E-state index contributed by atoms with van der Waals surface area (Å²) < 4.78 is 20.7. The van der Waals surface area contributed by atoms with Crippen LogP contribution in [0.3, 0.4) is 0 Å². The van der Waals surface area contributed by atoms with Crippen LogP contribution >= 0.6 is 0 Å². The topological polar surface area (TPSA) is 253 Å². The Hall–Kier alpha value is -1.76. The van der Waals surface area contributed by atoms with Crippen molar-refractivity contribution in [3.63, 3.8) is 0 Å². The summed E-state index contributed by atoms with van der Waals surface area (Å²) in [6.07, 6.45) is -14.8. The molecular formula is C19H30O15. The van der Waals surface area contributed by atoms with Gasteiger partial charge in [0.1, 0.15) is 36.6 Å². The van der Waals surface area contributed by atoms with Crippen LogP contribution in [0.1, 0.15) is 12.8 Å². The molecule has 0 aromatic rings. The number of hydrogen-bond acceptors (Lipinski definition) is 13. The van der Waals surface area contributed by atoms with Gasteiger partial charge in [-0.2, -0.15) is 0 Å². The monoisotopic (exact) mass is 498 g/mol. The van der Waals surface area contributed by atoms with E-state index in [0.717, 1.165) is 0 Å². The molecule has 15 nitrogen and oxygen atoms in total. The molecule has 2 aliphatic rings. The minimum atomic E-state index is -2.72. The minimum absolute atomic E-state index is 0.320. The molecule has 2 saturated heterocycles. The fourth-order valence-corrected chi connectivity index (χ4v) is 3.71. The molecule has 0 aromatic carbocycles. The molecule has 196 valence electrons. The SMILES string of the molecule is C=CCO[C@]1(C(=O)O)C[C@@H](O)[C@@H](O)[C@@H]([C@H](O)CO[C@]2(C(=O)O)C[C@@H](O)[C@@H](O)[C@@H]([C@H](O)CO)O2)O1. The molecule has 0 aromatic heterocycles. The van der Waals surface area contributed by atoms with Gasteiger partial charge in [-0.05, 0) is 0 Å². The van der Waals surface area contributed by atoms with Gasteiger partial charge in [-0.25, -0.2) is 9.59 Å². The fraction of sp³-hybridized carbons (Fsp3) is 0.789. The molecule has 0 bridgehead atoms. The molecule has 2 heterocycles. The fourth-order valence-electron chi connectivity index (χ4n) is 3.71. The molecule has 10 atom stereocenters. The van der Waals surface area contributed by atoms with E-state index >= 15 is 0 Å². The maximum atomic E-state index is 11.9. The van der Waals surface area contributed by atoms with Crippen LogP contribution in [0.15, 0.2) is 12.7 Å². The molecule has 0 unspecified atom stereocenters. The molecule has 0 aliphatic carbocycles. The van der Waals surface area contributed by atoms with Gasteiger partial charge >= 0.3 is 11.9 Å². The molecule has 9 N–H and O–H groups in total. The first-order valence-electron chi connectivity index (χ1n) is 10.2. The lowest BCUT2D eigenvalue weighted by atomic mass is 9.91.